The number of hydrogen-bond acceptors (Lipinski definition) is 4. The molecule has 0 aromatic carbocycles. The zero-order valence-electron chi connectivity index (χ0n) is 10.4. The van der Waals surface area contributed by atoms with E-state index in [4.69, 9.17) is 10.5 Å². The molecule has 2 unspecified atom stereocenters. The van der Waals surface area contributed by atoms with Crippen molar-refractivity contribution >= 4 is 6.16 Å². The minimum atomic E-state index is -0.621. The van der Waals surface area contributed by atoms with Crippen molar-refractivity contribution in [1.82, 2.24) is 0 Å². The number of hydrogen-bond donors (Lipinski definition) is 1. The van der Waals surface area contributed by atoms with Crippen LogP contribution in [0, 0.1) is 0 Å². The molecule has 16 heavy (non-hydrogen) atoms. The molecule has 1 aliphatic rings. The third-order valence-electron chi connectivity index (χ3n) is 2.27. The zero-order valence-corrected chi connectivity index (χ0v) is 10.4. The van der Waals surface area contributed by atoms with Gasteiger partial charge in [0.05, 0.1) is 7.11 Å². The molecular formula is C12H23NO3. The summed E-state index contributed by atoms with van der Waals surface area (Å²) in [5.41, 5.74) is 5.79. The summed E-state index contributed by atoms with van der Waals surface area (Å²) < 4.78 is 9.45. The van der Waals surface area contributed by atoms with Crippen molar-refractivity contribution in [2.75, 3.05) is 7.11 Å². The second kappa shape index (κ2) is 9.21. The van der Waals surface area contributed by atoms with Crippen LogP contribution in [-0.2, 0) is 9.47 Å². The maximum atomic E-state index is 10.8. The molecule has 94 valence electrons. The van der Waals surface area contributed by atoms with Crippen LogP contribution in [0.4, 0.5) is 4.79 Å². The maximum Gasteiger partial charge on any atom is 0.508 e. The van der Waals surface area contributed by atoms with Crippen LogP contribution in [0.25, 0.3) is 0 Å². The molecule has 2 N–H and O–H groups in total. The van der Waals surface area contributed by atoms with Crippen molar-refractivity contribution in [2.45, 2.75) is 51.7 Å². The van der Waals surface area contributed by atoms with Gasteiger partial charge < -0.3 is 15.2 Å². The lowest BCUT2D eigenvalue weighted by Gasteiger charge is -2.17. The molecule has 0 spiro atoms. The third-order valence-corrected chi connectivity index (χ3v) is 2.27. The smallest absolute Gasteiger partial charge is 0.438 e. The van der Waals surface area contributed by atoms with Crippen LogP contribution in [0.2, 0.25) is 0 Å². The predicted octanol–water partition coefficient (Wildman–Crippen LogP) is 2.62. The Hall–Kier alpha value is -1.03. The second-order valence-electron chi connectivity index (χ2n) is 3.47. The average molecular weight is 229 g/mol. The van der Waals surface area contributed by atoms with Crippen molar-refractivity contribution in [3.05, 3.63) is 12.2 Å². The highest BCUT2D eigenvalue weighted by molar-refractivity contribution is 5.60. The summed E-state index contributed by atoms with van der Waals surface area (Å²) in [4.78, 5) is 10.8. The molecule has 1 aliphatic carbocycles. The lowest BCUT2D eigenvalue weighted by Crippen LogP contribution is -2.23. The van der Waals surface area contributed by atoms with E-state index in [0.717, 1.165) is 25.7 Å². The molecule has 4 heteroatoms. The summed E-state index contributed by atoms with van der Waals surface area (Å²) in [6, 6.07) is 0.241. The highest BCUT2D eigenvalue weighted by atomic mass is 16.7. The van der Waals surface area contributed by atoms with Gasteiger partial charge in [-0.05, 0) is 31.8 Å². The number of carbonyl (C=O) groups excluding carboxylic acids is 1. The first-order valence-corrected chi connectivity index (χ1v) is 5.89. The van der Waals surface area contributed by atoms with Gasteiger partial charge in [0.15, 0.2) is 0 Å². The van der Waals surface area contributed by atoms with E-state index in [0.29, 0.717) is 0 Å². The monoisotopic (exact) mass is 229 g/mol. The Kier molecular flexibility index (Phi) is 8.62. The highest BCUT2D eigenvalue weighted by Gasteiger charge is 2.14. The summed E-state index contributed by atoms with van der Waals surface area (Å²) in [6.07, 6.45) is 6.70. The first-order valence-electron chi connectivity index (χ1n) is 5.89. The van der Waals surface area contributed by atoms with Gasteiger partial charge in [-0.25, -0.2) is 4.79 Å². The van der Waals surface area contributed by atoms with Gasteiger partial charge in [0.1, 0.15) is 6.10 Å². The van der Waals surface area contributed by atoms with Gasteiger partial charge in [0.25, 0.3) is 0 Å². The predicted molar refractivity (Wildman–Crippen MR) is 64.2 cm³/mol. The Morgan fingerprint density at radius 1 is 1.38 bits per heavy atom. The third kappa shape index (κ3) is 6.45. The summed E-state index contributed by atoms with van der Waals surface area (Å²) in [7, 11) is 1.31. The van der Waals surface area contributed by atoms with Crippen molar-refractivity contribution < 1.29 is 14.3 Å². The highest BCUT2D eigenvalue weighted by Crippen LogP contribution is 2.14. The normalized spacial score (nSPS) is 26.5. The van der Waals surface area contributed by atoms with Crippen molar-refractivity contribution in [3.63, 3.8) is 0 Å². The van der Waals surface area contributed by atoms with E-state index in [9.17, 15) is 4.79 Å². The fourth-order valence-electron chi connectivity index (χ4n) is 1.47. The van der Waals surface area contributed by atoms with Gasteiger partial charge >= 0.3 is 6.16 Å². The fraction of sp³-hybridized carbons (Fsp3) is 0.750. The summed E-state index contributed by atoms with van der Waals surface area (Å²) in [5.74, 6) is 0. The van der Waals surface area contributed by atoms with Gasteiger partial charge in [-0.15, -0.1) is 0 Å². The molecule has 0 fully saturated rings. The topological polar surface area (TPSA) is 61.5 Å². The zero-order chi connectivity index (χ0) is 12.4. The molecular weight excluding hydrogens is 206 g/mol. The van der Waals surface area contributed by atoms with Gasteiger partial charge in [-0.3, -0.25) is 0 Å². The van der Waals surface area contributed by atoms with Crippen molar-refractivity contribution in [1.29, 1.82) is 0 Å². The lowest BCUT2D eigenvalue weighted by atomic mass is 10.0. The summed E-state index contributed by atoms with van der Waals surface area (Å²) in [6.45, 7) is 4.00. The Balaban J connectivity index is 0.00000106. The van der Waals surface area contributed by atoms with Gasteiger partial charge in [-0.2, -0.15) is 0 Å². The van der Waals surface area contributed by atoms with Crippen LogP contribution < -0.4 is 5.73 Å². The number of nitrogens with two attached hydrogens (primary N) is 1. The van der Waals surface area contributed by atoms with Crippen LogP contribution >= 0.6 is 0 Å². The minimum Gasteiger partial charge on any atom is -0.438 e. The maximum absolute atomic E-state index is 10.8. The van der Waals surface area contributed by atoms with Gasteiger partial charge in [0, 0.05) is 6.04 Å². The summed E-state index contributed by atoms with van der Waals surface area (Å²) in [5, 5.41) is 0. The van der Waals surface area contributed by atoms with Crippen LogP contribution in [0.15, 0.2) is 12.2 Å². The molecule has 0 aromatic heterocycles. The molecule has 0 saturated carbocycles. The molecule has 1 rings (SSSR count). The van der Waals surface area contributed by atoms with E-state index >= 15 is 0 Å². The summed E-state index contributed by atoms with van der Waals surface area (Å²) >= 11 is 0. The number of rotatable bonds is 1. The molecule has 4 nitrogen and oxygen atoms in total. The van der Waals surface area contributed by atoms with Crippen LogP contribution in [0.3, 0.4) is 0 Å². The van der Waals surface area contributed by atoms with Crippen molar-refractivity contribution in [2.24, 2.45) is 5.73 Å². The second-order valence-corrected chi connectivity index (χ2v) is 3.47. The Morgan fingerprint density at radius 3 is 2.69 bits per heavy atom. The standard InChI is InChI=1S/C10H17NO3.C2H6/c1-13-10(12)14-9-6-2-4-8(11)5-3-7-9;1-2/h2,6,8-9H,3-5,7,11H2,1H3;1-2H3/b6-2+;. The van der Waals surface area contributed by atoms with E-state index in [2.05, 4.69) is 4.74 Å². The quantitative estimate of drug-likeness (QED) is 0.554. The molecule has 0 aliphatic heterocycles. The Morgan fingerprint density at radius 2 is 2.06 bits per heavy atom. The minimum absolute atomic E-state index is 0.157. The molecule has 2 atom stereocenters. The van der Waals surface area contributed by atoms with Crippen LogP contribution in [-0.4, -0.2) is 25.4 Å². The fourth-order valence-corrected chi connectivity index (χ4v) is 1.47. The van der Waals surface area contributed by atoms with E-state index in [1.807, 2.05) is 26.0 Å². The Bertz CT molecular complexity index is 216. The first-order chi connectivity index (χ1) is 7.72. The molecule has 0 radical (unpaired) electrons. The van der Waals surface area contributed by atoms with Crippen LogP contribution in [0.1, 0.15) is 39.5 Å². The number of ether oxygens (including phenoxy) is 2. The van der Waals surface area contributed by atoms with Gasteiger partial charge in [-0.1, -0.05) is 19.9 Å². The number of carbonyl (C=O) groups is 1. The van der Waals surface area contributed by atoms with Gasteiger partial charge in [0.2, 0.25) is 0 Å². The average Bonchev–Trinajstić information content (AvgIpc) is 2.28. The molecule has 0 aromatic rings. The Labute approximate surface area is 97.8 Å². The molecule has 0 bridgehead atoms. The van der Waals surface area contributed by atoms with Crippen LogP contribution in [0.5, 0.6) is 0 Å². The number of methoxy groups -OCH3 is 1. The molecule has 0 heterocycles. The van der Waals surface area contributed by atoms with Crippen molar-refractivity contribution in [3.8, 4) is 0 Å². The van der Waals surface area contributed by atoms with E-state index in [1.165, 1.54) is 7.11 Å². The van der Waals surface area contributed by atoms with E-state index < -0.39 is 6.16 Å². The SMILES string of the molecule is CC.COC(=O)OC1/C=C/CC(N)CCC1. The van der Waals surface area contributed by atoms with E-state index in [1.54, 1.807) is 0 Å². The molecule has 0 saturated heterocycles. The lowest BCUT2D eigenvalue weighted by molar-refractivity contribution is 0.0486. The first kappa shape index (κ1) is 15.0. The van der Waals surface area contributed by atoms with E-state index in [-0.39, 0.29) is 12.1 Å². The largest absolute Gasteiger partial charge is 0.508 e. The molecule has 0 amide bonds.